The first-order valence-electron chi connectivity index (χ1n) is 13.4. The lowest BCUT2D eigenvalue weighted by atomic mass is 10.1. The van der Waals surface area contributed by atoms with Crippen LogP contribution >= 0.6 is 11.6 Å². The molecule has 0 saturated carbocycles. The van der Waals surface area contributed by atoms with Crippen molar-refractivity contribution in [3.8, 4) is 0 Å². The van der Waals surface area contributed by atoms with E-state index in [0.717, 1.165) is 72.5 Å². The molecule has 10 heteroatoms. The third kappa shape index (κ3) is 6.32. The van der Waals surface area contributed by atoms with Crippen molar-refractivity contribution in [2.24, 2.45) is 0 Å². The van der Waals surface area contributed by atoms with Gasteiger partial charge in [0, 0.05) is 54.2 Å². The standard InChI is InChI=1S/C29H32ClN5O4/c30-20-5-7-23-25(9-12-32-26(23)17-20)31-10-3-1-2-4-11-33-27(36)19-35-28(37)22-8-6-21(18-24(22)29(35)38)34-13-15-39-16-14-34/h5-9,12,17-18H,1-4,10-11,13-16,19H2,(H,31,32)(H,33,36). The van der Waals surface area contributed by atoms with Gasteiger partial charge in [0.15, 0.2) is 0 Å². The summed E-state index contributed by atoms with van der Waals surface area (Å²) in [7, 11) is 0. The van der Waals surface area contributed by atoms with Crippen molar-refractivity contribution in [3.63, 3.8) is 0 Å². The second-order valence-electron chi connectivity index (χ2n) is 9.74. The number of morpholine rings is 1. The van der Waals surface area contributed by atoms with Crippen molar-refractivity contribution in [3.05, 3.63) is 64.8 Å². The molecule has 1 saturated heterocycles. The summed E-state index contributed by atoms with van der Waals surface area (Å²) in [5.41, 5.74) is 3.49. The number of hydrogen-bond donors (Lipinski definition) is 2. The fourth-order valence-corrected chi connectivity index (χ4v) is 5.14. The molecule has 9 nitrogen and oxygen atoms in total. The van der Waals surface area contributed by atoms with E-state index in [9.17, 15) is 14.4 Å². The van der Waals surface area contributed by atoms with Crippen LogP contribution in [0.3, 0.4) is 0 Å². The molecule has 0 bridgehead atoms. The first kappa shape index (κ1) is 26.9. The average Bonchev–Trinajstić information content (AvgIpc) is 3.19. The highest BCUT2D eigenvalue weighted by atomic mass is 35.5. The Kier molecular flexibility index (Phi) is 8.58. The number of carbonyl (C=O) groups excluding carboxylic acids is 3. The monoisotopic (exact) mass is 549 g/mol. The molecular formula is C29H32ClN5O4. The predicted octanol–water partition coefficient (Wildman–Crippen LogP) is 4.11. The number of aromatic nitrogens is 1. The van der Waals surface area contributed by atoms with Crippen molar-refractivity contribution < 1.29 is 19.1 Å². The molecule has 2 aromatic carbocycles. The van der Waals surface area contributed by atoms with E-state index in [1.807, 2.05) is 30.3 Å². The van der Waals surface area contributed by atoms with Gasteiger partial charge in [0.25, 0.3) is 11.8 Å². The zero-order chi connectivity index (χ0) is 27.2. The number of halogens is 1. The number of rotatable bonds is 11. The van der Waals surface area contributed by atoms with E-state index in [2.05, 4.69) is 20.5 Å². The Morgan fingerprint density at radius 3 is 2.51 bits per heavy atom. The molecular weight excluding hydrogens is 518 g/mol. The fourth-order valence-electron chi connectivity index (χ4n) is 4.97. The van der Waals surface area contributed by atoms with Gasteiger partial charge in [-0.2, -0.15) is 0 Å². The fraction of sp³-hybridized carbons (Fsp3) is 0.379. The Hall–Kier alpha value is -3.69. The van der Waals surface area contributed by atoms with Gasteiger partial charge in [-0.25, -0.2) is 0 Å². The Labute approximate surface area is 232 Å². The van der Waals surface area contributed by atoms with E-state index in [1.165, 1.54) is 0 Å². The minimum absolute atomic E-state index is 0.270. The van der Waals surface area contributed by atoms with Crippen LogP contribution in [0.2, 0.25) is 5.02 Å². The van der Waals surface area contributed by atoms with Gasteiger partial charge in [-0.15, -0.1) is 0 Å². The van der Waals surface area contributed by atoms with E-state index in [4.69, 9.17) is 16.3 Å². The van der Waals surface area contributed by atoms with E-state index < -0.39 is 11.8 Å². The summed E-state index contributed by atoms with van der Waals surface area (Å²) in [6.07, 6.45) is 5.57. The minimum atomic E-state index is -0.420. The highest BCUT2D eigenvalue weighted by Crippen LogP contribution is 2.28. The number of benzene rings is 2. The molecule has 39 heavy (non-hydrogen) atoms. The lowest BCUT2D eigenvalue weighted by Gasteiger charge is -2.29. The third-order valence-corrected chi connectivity index (χ3v) is 7.31. The smallest absolute Gasteiger partial charge is 0.262 e. The van der Waals surface area contributed by atoms with Gasteiger partial charge in [-0.3, -0.25) is 24.3 Å². The average molecular weight is 550 g/mol. The van der Waals surface area contributed by atoms with E-state index in [1.54, 1.807) is 18.3 Å². The van der Waals surface area contributed by atoms with Crippen LogP contribution in [0.25, 0.3) is 10.9 Å². The Morgan fingerprint density at radius 2 is 1.69 bits per heavy atom. The highest BCUT2D eigenvalue weighted by molar-refractivity contribution is 6.31. The van der Waals surface area contributed by atoms with Gasteiger partial charge in [-0.05, 0) is 55.3 Å². The lowest BCUT2D eigenvalue weighted by Crippen LogP contribution is -2.40. The first-order chi connectivity index (χ1) is 19.0. The number of unbranched alkanes of at least 4 members (excludes halogenated alkanes) is 3. The molecule has 1 aromatic heterocycles. The molecule has 3 heterocycles. The number of nitrogens with one attached hydrogen (secondary N) is 2. The van der Waals surface area contributed by atoms with E-state index in [-0.39, 0.29) is 12.5 Å². The van der Waals surface area contributed by atoms with E-state index in [0.29, 0.717) is 35.9 Å². The normalized spacial score (nSPS) is 15.1. The summed E-state index contributed by atoms with van der Waals surface area (Å²) in [4.78, 5) is 45.7. The lowest BCUT2D eigenvalue weighted by molar-refractivity contribution is -0.121. The van der Waals surface area contributed by atoms with Crippen LogP contribution in [0, 0.1) is 0 Å². The largest absolute Gasteiger partial charge is 0.384 e. The number of nitrogens with zero attached hydrogens (tertiary/aromatic N) is 3. The summed E-state index contributed by atoms with van der Waals surface area (Å²) in [6, 6.07) is 12.9. The molecule has 1 fully saturated rings. The van der Waals surface area contributed by atoms with Crippen LogP contribution in [0.4, 0.5) is 11.4 Å². The molecule has 204 valence electrons. The number of ether oxygens (including phenoxy) is 1. The minimum Gasteiger partial charge on any atom is -0.384 e. The number of hydrogen-bond acceptors (Lipinski definition) is 7. The Balaban J connectivity index is 1.00. The molecule has 2 N–H and O–H groups in total. The van der Waals surface area contributed by atoms with Crippen LogP contribution in [0.1, 0.15) is 46.4 Å². The second-order valence-corrected chi connectivity index (χ2v) is 10.2. The zero-order valence-corrected chi connectivity index (χ0v) is 22.5. The van der Waals surface area contributed by atoms with E-state index >= 15 is 0 Å². The number of amides is 3. The van der Waals surface area contributed by atoms with Crippen LogP contribution in [0.5, 0.6) is 0 Å². The topological polar surface area (TPSA) is 104 Å². The summed E-state index contributed by atoms with van der Waals surface area (Å²) in [6.45, 7) is 3.81. The molecule has 0 aliphatic carbocycles. The molecule has 0 radical (unpaired) electrons. The maximum atomic E-state index is 12.9. The molecule has 3 amide bonds. The van der Waals surface area contributed by atoms with Crippen molar-refractivity contribution in [1.29, 1.82) is 0 Å². The summed E-state index contributed by atoms with van der Waals surface area (Å²) < 4.78 is 5.39. The highest BCUT2D eigenvalue weighted by Gasteiger charge is 2.37. The summed E-state index contributed by atoms with van der Waals surface area (Å²) >= 11 is 6.06. The number of fused-ring (bicyclic) bond motifs is 2. The first-order valence-corrected chi connectivity index (χ1v) is 13.8. The second kappa shape index (κ2) is 12.4. The van der Waals surface area contributed by atoms with Gasteiger partial charge >= 0.3 is 0 Å². The van der Waals surface area contributed by atoms with Crippen molar-refractivity contribution in [2.45, 2.75) is 25.7 Å². The number of anilines is 2. The molecule has 0 atom stereocenters. The molecule has 5 rings (SSSR count). The molecule has 0 unspecified atom stereocenters. The molecule has 2 aliphatic heterocycles. The summed E-state index contributed by atoms with van der Waals surface area (Å²) in [5, 5.41) is 8.01. The van der Waals surface area contributed by atoms with Crippen molar-refractivity contribution >= 4 is 51.6 Å². The van der Waals surface area contributed by atoms with Crippen LogP contribution in [-0.4, -0.2) is 73.5 Å². The van der Waals surface area contributed by atoms with Crippen LogP contribution < -0.4 is 15.5 Å². The molecule has 3 aromatic rings. The van der Waals surface area contributed by atoms with Gasteiger partial charge < -0.3 is 20.3 Å². The van der Waals surface area contributed by atoms with Gasteiger partial charge in [0.2, 0.25) is 5.91 Å². The Morgan fingerprint density at radius 1 is 0.923 bits per heavy atom. The van der Waals surface area contributed by atoms with Crippen LogP contribution in [0.15, 0.2) is 48.7 Å². The van der Waals surface area contributed by atoms with Gasteiger partial charge in [0.05, 0.1) is 29.9 Å². The number of imide groups is 1. The molecule has 0 spiro atoms. The zero-order valence-electron chi connectivity index (χ0n) is 21.7. The van der Waals surface area contributed by atoms with Crippen molar-refractivity contribution in [1.82, 2.24) is 15.2 Å². The third-order valence-electron chi connectivity index (χ3n) is 7.08. The number of carbonyl (C=O) groups is 3. The Bertz CT molecular complexity index is 1380. The van der Waals surface area contributed by atoms with Crippen LogP contribution in [-0.2, 0) is 9.53 Å². The van der Waals surface area contributed by atoms with Gasteiger partial charge in [-0.1, -0.05) is 24.4 Å². The maximum absolute atomic E-state index is 12.9. The molecule has 2 aliphatic rings. The van der Waals surface area contributed by atoms with Gasteiger partial charge in [0.1, 0.15) is 6.54 Å². The van der Waals surface area contributed by atoms with Crippen molar-refractivity contribution in [2.75, 3.05) is 56.2 Å². The predicted molar refractivity (Wildman–Crippen MR) is 152 cm³/mol. The summed E-state index contributed by atoms with van der Waals surface area (Å²) in [5.74, 6) is -1.17. The maximum Gasteiger partial charge on any atom is 0.262 e. The number of pyridine rings is 1. The quantitative estimate of drug-likeness (QED) is 0.274. The SMILES string of the molecule is O=C(CN1C(=O)c2ccc(N3CCOCC3)cc2C1=O)NCCCCCCNc1ccnc2cc(Cl)ccc12.